The molecule has 0 heterocycles. The molecular weight excluding hydrogens is 281 g/mol. The summed E-state index contributed by atoms with van der Waals surface area (Å²) >= 11 is 5.41. The molecule has 0 aliphatic heterocycles. The smallest absolute Gasteiger partial charge is 0.243 e. The molecule has 0 saturated heterocycles. The quantitative estimate of drug-likeness (QED) is 0.587. The maximum Gasteiger partial charge on any atom is 0.243 e. The second kappa shape index (κ2) is 7.68. The van der Waals surface area contributed by atoms with Crippen LogP contribution in [-0.4, -0.2) is 34.1 Å². The summed E-state index contributed by atoms with van der Waals surface area (Å²) in [5.41, 5.74) is 0. The van der Waals surface area contributed by atoms with Crippen LogP contribution in [0.2, 0.25) is 0 Å². The molecule has 7 heteroatoms. The molecule has 0 amide bonds. The van der Waals surface area contributed by atoms with Crippen molar-refractivity contribution in [3.05, 3.63) is 30.1 Å². The molecule has 1 aromatic rings. The van der Waals surface area contributed by atoms with Gasteiger partial charge in [-0.3, -0.25) is 0 Å². The highest BCUT2D eigenvalue weighted by atomic mass is 35.5. The lowest BCUT2D eigenvalue weighted by atomic mass is 10.4. The number of ether oxygens (including phenoxy) is 1. The van der Waals surface area contributed by atoms with Gasteiger partial charge in [0.25, 0.3) is 0 Å². The summed E-state index contributed by atoms with van der Waals surface area (Å²) in [6.45, 7) is 1.03. The minimum absolute atomic E-state index is 0.193. The van der Waals surface area contributed by atoms with Crippen LogP contribution < -0.4 is 4.72 Å². The van der Waals surface area contributed by atoms with Gasteiger partial charge in [-0.05, 0) is 18.6 Å². The Kier molecular flexibility index (Phi) is 6.56. The number of sulfonamides is 1. The zero-order valence-electron chi connectivity index (χ0n) is 9.73. The van der Waals surface area contributed by atoms with Crippen LogP contribution in [-0.2, 0) is 14.8 Å². The van der Waals surface area contributed by atoms with Gasteiger partial charge >= 0.3 is 0 Å². The van der Waals surface area contributed by atoms with Gasteiger partial charge in [-0.25, -0.2) is 17.5 Å². The third-order valence-corrected chi connectivity index (χ3v) is 3.75. The number of hydrogen-bond donors (Lipinski definition) is 1. The summed E-state index contributed by atoms with van der Waals surface area (Å²) in [5, 5.41) is 0. The topological polar surface area (TPSA) is 55.4 Å². The fourth-order valence-corrected chi connectivity index (χ4v) is 2.54. The van der Waals surface area contributed by atoms with E-state index in [9.17, 15) is 12.8 Å². The number of alkyl halides is 1. The van der Waals surface area contributed by atoms with E-state index in [1.54, 1.807) is 0 Å². The van der Waals surface area contributed by atoms with Crippen LogP contribution in [0.25, 0.3) is 0 Å². The van der Waals surface area contributed by atoms with Crippen LogP contribution in [0.4, 0.5) is 4.39 Å². The van der Waals surface area contributed by atoms with E-state index in [0.717, 1.165) is 6.07 Å². The Morgan fingerprint density at radius 2 is 2.00 bits per heavy atom. The largest absolute Gasteiger partial charge is 0.380 e. The lowest BCUT2D eigenvalue weighted by molar-refractivity contribution is 0.147. The predicted octanol–water partition coefficient (Wildman–Crippen LogP) is 1.75. The van der Waals surface area contributed by atoms with Gasteiger partial charge in [0.1, 0.15) is 10.7 Å². The van der Waals surface area contributed by atoms with Crippen LogP contribution in [0.1, 0.15) is 6.42 Å². The first-order valence-corrected chi connectivity index (χ1v) is 7.47. The Morgan fingerprint density at radius 1 is 1.28 bits per heavy atom. The lowest BCUT2D eigenvalue weighted by Gasteiger charge is -2.07. The summed E-state index contributed by atoms with van der Waals surface area (Å²) < 4.78 is 44.2. The van der Waals surface area contributed by atoms with Crippen LogP contribution in [0.5, 0.6) is 0 Å². The van der Waals surface area contributed by atoms with Gasteiger partial charge in [0.05, 0.1) is 6.61 Å². The molecule has 0 saturated carbocycles. The van der Waals surface area contributed by atoms with Crippen LogP contribution in [0.3, 0.4) is 0 Å². The zero-order valence-corrected chi connectivity index (χ0v) is 11.3. The molecule has 0 radical (unpaired) electrons. The lowest BCUT2D eigenvalue weighted by Crippen LogP contribution is -2.26. The fraction of sp³-hybridized carbons (Fsp3) is 0.455. The first kappa shape index (κ1) is 15.4. The van der Waals surface area contributed by atoms with Crippen molar-refractivity contribution in [3.63, 3.8) is 0 Å². The zero-order chi connectivity index (χ0) is 13.4. The van der Waals surface area contributed by atoms with Crippen molar-refractivity contribution in [1.82, 2.24) is 4.72 Å². The molecule has 0 fully saturated rings. The molecule has 1 rings (SSSR count). The summed E-state index contributed by atoms with van der Waals surface area (Å²) in [7, 11) is -3.79. The summed E-state index contributed by atoms with van der Waals surface area (Å²) in [6, 6.07) is 5.25. The van der Waals surface area contributed by atoms with E-state index >= 15 is 0 Å². The molecule has 1 N–H and O–H groups in total. The Hall–Kier alpha value is -0.690. The van der Waals surface area contributed by atoms with Gasteiger partial charge in [-0.2, -0.15) is 0 Å². The molecule has 4 nitrogen and oxygen atoms in total. The van der Waals surface area contributed by atoms with Gasteiger partial charge in [-0.1, -0.05) is 12.1 Å². The second-order valence-corrected chi connectivity index (χ2v) is 5.60. The van der Waals surface area contributed by atoms with Gasteiger partial charge in [-0.15, -0.1) is 11.6 Å². The van der Waals surface area contributed by atoms with Crippen molar-refractivity contribution in [1.29, 1.82) is 0 Å². The highest BCUT2D eigenvalue weighted by molar-refractivity contribution is 7.89. The monoisotopic (exact) mass is 295 g/mol. The van der Waals surface area contributed by atoms with Crippen molar-refractivity contribution in [3.8, 4) is 0 Å². The van der Waals surface area contributed by atoms with Crippen LogP contribution in [0, 0.1) is 5.82 Å². The first-order valence-electron chi connectivity index (χ1n) is 5.46. The molecule has 0 spiro atoms. The normalized spacial score (nSPS) is 11.7. The molecule has 0 aliphatic rings. The minimum atomic E-state index is -3.79. The Morgan fingerprint density at radius 3 is 2.67 bits per heavy atom. The fourth-order valence-electron chi connectivity index (χ4n) is 1.28. The van der Waals surface area contributed by atoms with E-state index in [2.05, 4.69) is 4.72 Å². The number of nitrogens with one attached hydrogen (secondary N) is 1. The van der Waals surface area contributed by atoms with Crippen molar-refractivity contribution in [2.75, 3.05) is 25.6 Å². The third-order valence-electron chi connectivity index (χ3n) is 2.11. The van der Waals surface area contributed by atoms with E-state index < -0.39 is 15.8 Å². The van der Waals surface area contributed by atoms with Crippen molar-refractivity contribution in [2.24, 2.45) is 0 Å². The highest BCUT2D eigenvalue weighted by Gasteiger charge is 2.17. The van der Waals surface area contributed by atoms with E-state index in [4.69, 9.17) is 16.3 Å². The standard InChI is InChI=1S/C11H15ClFNO3S/c12-6-9-17-8-3-7-14-18(15,16)11-5-2-1-4-10(11)13/h1-2,4-5,14H,3,6-9H2. The van der Waals surface area contributed by atoms with E-state index in [-0.39, 0.29) is 11.4 Å². The Labute approximate surface area is 111 Å². The van der Waals surface area contributed by atoms with E-state index in [1.807, 2.05) is 0 Å². The number of hydrogen-bond acceptors (Lipinski definition) is 3. The number of rotatable bonds is 8. The number of benzene rings is 1. The molecule has 18 heavy (non-hydrogen) atoms. The number of halogens is 2. The average Bonchev–Trinajstić information content (AvgIpc) is 2.34. The van der Waals surface area contributed by atoms with Crippen molar-refractivity contribution < 1.29 is 17.5 Å². The predicted molar refractivity (Wildman–Crippen MR) is 67.7 cm³/mol. The molecule has 0 aliphatic carbocycles. The maximum absolute atomic E-state index is 13.3. The maximum atomic E-state index is 13.3. The van der Waals surface area contributed by atoms with Crippen LogP contribution in [0.15, 0.2) is 29.2 Å². The van der Waals surface area contributed by atoms with Gasteiger partial charge in [0.15, 0.2) is 0 Å². The highest BCUT2D eigenvalue weighted by Crippen LogP contribution is 2.12. The van der Waals surface area contributed by atoms with Gasteiger partial charge in [0, 0.05) is 19.0 Å². The molecule has 0 unspecified atom stereocenters. The molecule has 1 aromatic carbocycles. The Bertz CT molecular complexity index is 467. The van der Waals surface area contributed by atoms with E-state index in [1.165, 1.54) is 18.2 Å². The minimum Gasteiger partial charge on any atom is -0.380 e. The van der Waals surface area contributed by atoms with Gasteiger partial charge in [0.2, 0.25) is 10.0 Å². The summed E-state index contributed by atoms with van der Waals surface area (Å²) in [5.74, 6) is -0.357. The molecule has 102 valence electrons. The SMILES string of the molecule is O=S(=O)(NCCCOCCCl)c1ccccc1F. The van der Waals surface area contributed by atoms with Crippen molar-refractivity contribution >= 4 is 21.6 Å². The summed E-state index contributed by atoms with van der Waals surface area (Å²) in [4.78, 5) is -0.341. The average molecular weight is 296 g/mol. The third kappa shape index (κ3) is 4.89. The first-order chi connectivity index (χ1) is 8.58. The molecular formula is C11H15ClFNO3S. The van der Waals surface area contributed by atoms with Crippen LogP contribution >= 0.6 is 11.6 Å². The molecule has 0 aromatic heterocycles. The van der Waals surface area contributed by atoms with Crippen molar-refractivity contribution in [2.45, 2.75) is 11.3 Å². The molecule has 0 atom stereocenters. The second-order valence-electron chi connectivity index (χ2n) is 3.48. The Balaban J connectivity index is 2.44. The summed E-state index contributed by atoms with van der Waals surface area (Å²) in [6.07, 6.45) is 0.505. The van der Waals surface area contributed by atoms with Gasteiger partial charge < -0.3 is 4.74 Å². The molecule has 0 bridgehead atoms. The van der Waals surface area contributed by atoms with E-state index in [0.29, 0.717) is 25.5 Å².